The third-order valence-corrected chi connectivity index (χ3v) is 4.39. The predicted octanol–water partition coefficient (Wildman–Crippen LogP) is 3.48. The first-order chi connectivity index (χ1) is 12.7. The molecule has 1 N–H and O–H groups in total. The number of nitrogens with zero attached hydrogens (tertiary/aromatic N) is 1. The van der Waals surface area contributed by atoms with Gasteiger partial charge in [-0.25, -0.2) is 0 Å². The lowest BCUT2D eigenvalue weighted by Crippen LogP contribution is -2.33. The molecule has 0 radical (unpaired) electrons. The van der Waals surface area contributed by atoms with Crippen LogP contribution in [0.4, 0.5) is 5.69 Å². The Balaban J connectivity index is 1.72. The van der Waals surface area contributed by atoms with Crippen LogP contribution < -0.4 is 14.8 Å². The highest BCUT2D eigenvalue weighted by atomic mass is 16.5. The number of ether oxygens (including phenoxy) is 2. The Morgan fingerprint density at radius 1 is 1.08 bits per heavy atom. The maximum Gasteiger partial charge on any atom is 0.227 e. The van der Waals surface area contributed by atoms with E-state index >= 15 is 0 Å². The Morgan fingerprint density at radius 2 is 1.85 bits per heavy atom. The van der Waals surface area contributed by atoms with Gasteiger partial charge in [0.1, 0.15) is 0 Å². The fourth-order valence-electron chi connectivity index (χ4n) is 3.15. The second kappa shape index (κ2) is 8.61. The van der Waals surface area contributed by atoms with Crippen molar-refractivity contribution in [1.82, 2.24) is 4.90 Å². The molecule has 1 aliphatic rings. The molecule has 0 bridgehead atoms. The molecule has 2 aromatic carbocycles. The molecule has 0 aliphatic carbocycles. The van der Waals surface area contributed by atoms with E-state index in [1.807, 2.05) is 49.1 Å². The van der Waals surface area contributed by atoms with E-state index in [0.29, 0.717) is 38.5 Å². The molecule has 0 unspecified atom stereocenters. The SMILES string of the molecule is CCOc1ccc(CC(=O)N2CCNc3ccccc3C2)cc1OCC. The molecule has 1 amide bonds. The van der Waals surface area contributed by atoms with Crippen LogP contribution in [0.3, 0.4) is 0 Å². The van der Waals surface area contributed by atoms with Crippen molar-refractivity contribution in [3.63, 3.8) is 0 Å². The molecule has 0 fully saturated rings. The van der Waals surface area contributed by atoms with Gasteiger partial charge in [0.05, 0.1) is 19.6 Å². The first-order valence-electron chi connectivity index (χ1n) is 9.19. The molecule has 0 saturated heterocycles. The van der Waals surface area contributed by atoms with Crippen LogP contribution in [0.2, 0.25) is 0 Å². The van der Waals surface area contributed by atoms with Crippen LogP contribution >= 0.6 is 0 Å². The molecule has 5 heteroatoms. The highest BCUT2D eigenvalue weighted by Gasteiger charge is 2.19. The first-order valence-corrected chi connectivity index (χ1v) is 9.19. The van der Waals surface area contributed by atoms with Gasteiger partial charge in [0.2, 0.25) is 5.91 Å². The Bertz CT molecular complexity index is 761. The van der Waals surface area contributed by atoms with E-state index in [-0.39, 0.29) is 5.91 Å². The highest BCUT2D eigenvalue weighted by Crippen LogP contribution is 2.29. The zero-order valence-electron chi connectivity index (χ0n) is 15.5. The summed E-state index contributed by atoms with van der Waals surface area (Å²) in [6, 6.07) is 13.9. The van der Waals surface area contributed by atoms with Gasteiger partial charge in [-0.2, -0.15) is 0 Å². The number of nitrogens with one attached hydrogen (secondary N) is 1. The maximum atomic E-state index is 12.8. The number of rotatable bonds is 6. The summed E-state index contributed by atoms with van der Waals surface area (Å²) in [5.41, 5.74) is 3.20. The van der Waals surface area contributed by atoms with Gasteiger partial charge in [-0.3, -0.25) is 4.79 Å². The van der Waals surface area contributed by atoms with Crippen LogP contribution in [-0.4, -0.2) is 37.1 Å². The summed E-state index contributed by atoms with van der Waals surface area (Å²) in [6.45, 7) is 7.12. The number of para-hydroxylation sites is 1. The van der Waals surface area contributed by atoms with Crippen molar-refractivity contribution in [1.29, 1.82) is 0 Å². The van der Waals surface area contributed by atoms with Crippen molar-refractivity contribution in [2.24, 2.45) is 0 Å². The molecular formula is C21H26N2O3. The predicted molar refractivity (Wildman–Crippen MR) is 103 cm³/mol. The molecule has 26 heavy (non-hydrogen) atoms. The van der Waals surface area contributed by atoms with Crippen molar-refractivity contribution in [2.75, 3.05) is 31.6 Å². The number of benzene rings is 2. The van der Waals surface area contributed by atoms with E-state index < -0.39 is 0 Å². The van der Waals surface area contributed by atoms with Crippen LogP contribution in [0.1, 0.15) is 25.0 Å². The van der Waals surface area contributed by atoms with Gasteiger partial charge < -0.3 is 19.7 Å². The summed E-state index contributed by atoms with van der Waals surface area (Å²) >= 11 is 0. The monoisotopic (exact) mass is 354 g/mol. The number of carbonyl (C=O) groups is 1. The lowest BCUT2D eigenvalue weighted by molar-refractivity contribution is -0.130. The van der Waals surface area contributed by atoms with Crippen LogP contribution in [0, 0.1) is 0 Å². The summed E-state index contributed by atoms with van der Waals surface area (Å²) in [4.78, 5) is 14.7. The van der Waals surface area contributed by atoms with Crippen LogP contribution in [0.25, 0.3) is 0 Å². The molecule has 1 heterocycles. The smallest absolute Gasteiger partial charge is 0.227 e. The number of hydrogen-bond acceptors (Lipinski definition) is 4. The quantitative estimate of drug-likeness (QED) is 0.863. The minimum Gasteiger partial charge on any atom is -0.490 e. The third kappa shape index (κ3) is 4.28. The summed E-state index contributed by atoms with van der Waals surface area (Å²) in [5.74, 6) is 1.54. The van der Waals surface area contributed by atoms with Gasteiger partial charge in [-0.15, -0.1) is 0 Å². The molecule has 0 spiro atoms. The van der Waals surface area contributed by atoms with Gasteiger partial charge in [-0.05, 0) is 43.2 Å². The van der Waals surface area contributed by atoms with Crippen molar-refractivity contribution in [3.8, 4) is 11.5 Å². The Morgan fingerprint density at radius 3 is 2.65 bits per heavy atom. The number of anilines is 1. The molecule has 0 atom stereocenters. The largest absolute Gasteiger partial charge is 0.490 e. The molecule has 1 aliphatic heterocycles. The summed E-state index contributed by atoms with van der Waals surface area (Å²) in [7, 11) is 0. The number of hydrogen-bond donors (Lipinski definition) is 1. The second-order valence-electron chi connectivity index (χ2n) is 6.22. The van der Waals surface area contributed by atoms with E-state index in [9.17, 15) is 4.79 Å². The van der Waals surface area contributed by atoms with Crippen molar-refractivity contribution >= 4 is 11.6 Å². The van der Waals surface area contributed by atoms with E-state index in [0.717, 1.165) is 29.1 Å². The molecule has 3 rings (SSSR count). The van der Waals surface area contributed by atoms with Crippen molar-refractivity contribution in [2.45, 2.75) is 26.8 Å². The van der Waals surface area contributed by atoms with Gasteiger partial charge in [0, 0.05) is 25.3 Å². The Kier molecular flexibility index (Phi) is 6.00. The Hall–Kier alpha value is -2.69. The normalized spacial score (nSPS) is 13.4. The van der Waals surface area contributed by atoms with Gasteiger partial charge in [0.25, 0.3) is 0 Å². The van der Waals surface area contributed by atoms with Crippen molar-refractivity contribution < 1.29 is 14.3 Å². The zero-order valence-corrected chi connectivity index (χ0v) is 15.5. The fraction of sp³-hybridized carbons (Fsp3) is 0.381. The fourth-order valence-corrected chi connectivity index (χ4v) is 3.15. The van der Waals surface area contributed by atoms with E-state index in [1.165, 1.54) is 0 Å². The molecule has 138 valence electrons. The van der Waals surface area contributed by atoms with Crippen LogP contribution in [-0.2, 0) is 17.8 Å². The standard InChI is InChI=1S/C21H26N2O3/c1-3-25-19-10-9-16(13-20(19)26-4-2)14-21(24)23-12-11-22-18-8-6-5-7-17(18)15-23/h5-10,13,22H,3-4,11-12,14-15H2,1-2H3. The molecular weight excluding hydrogens is 328 g/mol. The third-order valence-electron chi connectivity index (χ3n) is 4.39. The zero-order chi connectivity index (χ0) is 18.4. The van der Waals surface area contributed by atoms with Crippen molar-refractivity contribution in [3.05, 3.63) is 53.6 Å². The average molecular weight is 354 g/mol. The minimum absolute atomic E-state index is 0.120. The maximum absolute atomic E-state index is 12.8. The lowest BCUT2D eigenvalue weighted by atomic mass is 10.1. The number of carbonyl (C=O) groups excluding carboxylic acids is 1. The first kappa shape index (κ1) is 18.1. The van der Waals surface area contributed by atoms with E-state index in [4.69, 9.17) is 9.47 Å². The highest BCUT2D eigenvalue weighted by molar-refractivity contribution is 5.79. The van der Waals surface area contributed by atoms with Gasteiger partial charge >= 0.3 is 0 Å². The van der Waals surface area contributed by atoms with E-state index in [2.05, 4.69) is 17.4 Å². The molecule has 0 saturated carbocycles. The number of fused-ring (bicyclic) bond motifs is 1. The van der Waals surface area contributed by atoms with Crippen LogP contribution in [0.5, 0.6) is 11.5 Å². The van der Waals surface area contributed by atoms with E-state index in [1.54, 1.807) is 0 Å². The lowest BCUT2D eigenvalue weighted by Gasteiger charge is -2.21. The number of amides is 1. The second-order valence-corrected chi connectivity index (χ2v) is 6.22. The molecule has 0 aromatic heterocycles. The van der Waals surface area contributed by atoms with Gasteiger partial charge in [0.15, 0.2) is 11.5 Å². The summed E-state index contributed by atoms with van der Waals surface area (Å²) in [6.07, 6.45) is 0.356. The molecule has 5 nitrogen and oxygen atoms in total. The van der Waals surface area contributed by atoms with Gasteiger partial charge in [-0.1, -0.05) is 24.3 Å². The molecule has 2 aromatic rings. The average Bonchev–Trinajstić information content (AvgIpc) is 2.87. The van der Waals surface area contributed by atoms with Crippen LogP contribution in [0.15, 0.2) is 42.5 Å². The minimum atomic E-state index is 0.120. The topological polar surface area (TPSA) is 50.8 Å². The summed E-state index contributed by atoms with van der Waals surface area (Å²) in [5, 5.41) is 3.39. The Labute approximate surface area is 154 Å². The summed E-state index contributed by atoms with van der Waals surface area (Å²) < 4.78 is 11.3.